The van der Waals surface area contributed by atoms with Crippen LogP contribution in [0.15, 0.2) is 49.1 Å². The Hall–Kier alpha value is -2.14. The molecular weight excluding hydrogens is 300 g/mol. The molecule has 1 aromatic heterocycles. The molecule has 24 heavy (non-hydrogen) atoms. The highest BCUT2D eigenvalue weighted by Crippen LogP contribution is 2.21. The first-order valence-corrected chi connectivity index (χ1v) is 8.77. The maximum atomic E-state index is 12.5. The van der Waals surface area contributed by atoms with E-state index in [1.807, 2.05) is 48.7 Å². The van der Waals surface area contributed by atoms with E-state index in [9.17, 15) is 4.79 Å². The van der Waals surface area contributed by atoms with E-state index in [1.165, 1.54) is 5.56 Å². The van der Waals surface area contributed by atoms with Gasteiger partial charge in [-0.05, 0) is 18.9 Å². The molecule has 0 N–H and O–H groups in total. The van der Waals surface area contributed by atoms with Crippen LogP contribution in [0.4, 0.5) is 0 Å². The number of hydrogen-bond donors (Lipinski definition) is 0. The highest BCUT2D eigenvalue weighted by atomic mass is 16.2. The van der Waals surface area contributed by atoms with Crippen molar-refractivity contribution in [3.05, 3.63) is 54.6 Å². The van der Waals surface area contributed by atoms with Crippen molar-refractivity contribution in [1.29, 1.82) is 0 Å². The first-order chi connectivity index (χ1) is 11.8. The van der Waals surface area contributed by atoms with Crippen LogP contribution in [0, 0.1) is 0 Å². The fourth-order valence-corrected chi connectivity index (χ4v) is 3.34. The molecule has 0 aliphatic carbocycles. The number of aromatic nitrogens is 2. The van der Waals surface area contributed by atoms with Crippen LogP contribution in [0.3, 0.4) is 0 Å². The quantitative estimate of drug-likeness (QED) is 0.785. The van der Waals surface area contributed by atoms with Crippen molar-refractivity contribution in [2.45, 2.75) is 32.4 Å². The van der Waals surface area contributed by atoms with Crippen molar-refractivity contribution in [2.75, 3.05) is 26.2 Å². The molecule has 1 aliphatic heterocycles. The van der Waals surface area contributed by atoms with Gasteiger partial charge >= 0.3 is 0 Å². The van der Waals surface area contributed by atoms with E-state index in [0.29, 0.717) is 19.0 Å². The van der Waals surface area contributed by atoms with Gasteiger partial charge in [0.15, 0.2) is 0 Å². The van der Waals surface area contributed by atoms with Crippen molar-refractivity contribution in [3.63, 3.8) is 0 Å². The van der Waals surface area contributed by atoms with Crippen LogP contribution >= 0.6 is 0 Å². The zero-order valence-electron chi connectivity index (χ0n) is 14.3. The average Bonchev–Trinajstić information content (AvgIpc) is 3.29. The van der Waals surface area contributed by atoms with Gasteiger partial charge in [-0.3, -0.25) is 4.79 Å². The molecule has 1 unspecified atom stereocenters. The van der Waals surface area contributed by atoms with Crippen molar-refractivity contribution < 1.29 is 4.79 Å². The Morgan fingerprint density at radius 1 is 1.33 bits per heavy atom. The zero-order chi connectivity index (χ0) is 16.8. The standard InChI is InChI=1S/C19H26N4O/c1-2-22(14-17-6-4-3-5-7-17)19(24)9-12-21-11-8-18(15-21)23-13-10-20-16-23/h3-7,10,13,16,18H,2,8-9,11-12,14-15H2,1H3. The number of carbonyl (C=O) groups excluding carboxylic acids is 1. The molecular formula is C19H26N4O. The number of rotatable bonds is 7. The van der Waals surface area contributed by atoms with Gasteiger partial charge in [0.05, 0.1) is 6.33 Å². The number of imidazole rings is 1. The van der Waals surface area contributed by atoms with Crippen LogP contribution in [-0.4, -0.2) is 51.4 Å². The molecule has 5 nitrogen and oxygen atoms in total. The van der Waals surface area contributed by atoms with Gasteiger partial charge < -0.3 is 14.4 Å². The Labute approximate surface area is 143 Å². The van der Waals surface area contributed by atoms with Crippen LogP contribution in [0.1, 0.15) is 31.4 Å². The third-order valence-electron chi connectivity index (χ3n) is 4.79. The lowest BCUT2D eigenvalue weighted by molar-refractivity contribution is -0.131. The summed E-state index contributed by atoms with van der Waals surface area (Å²) in [6.07, 6.45) is 7.47. The summed E-state index contributed by atoms with van der Waals surface area (Å²) < 4.78 is 2.18. The molecule has 2 aromatic rings. The molecule has 2 heterocycles. The number of likely N-dealkylation sites (tertiary alicyclic amines) is 1. The van der Waals surface area contributed by atoms with Gasteiger partial charge in [0.25, 0.3) is 0 Å². The molecule has 0 saturated carbocycles. The monoisotopic (exact) mass is 326 g/mol. The topological polar surface area (TPSA) is 41.4 Å². The Balaban J connectivity index is 1.46. The van der Waals surface area contributed by atoms with Gasteiger partial charge in [-0.2, -0.15) is 0 Å². The molecule has 0 bridgehead atoms. The number of nitrogens with zero attached hydrogens (tertiary/aromatic N) is 4. The molecule has 1 atom stereocenters. The average molecular weight is 326 g/mol. The maximum Gasteiger partial charge on any atom is 0.224 e. The van der Waals surface area contributed by atoms with Crippen LogP contribution in [0.2, 0.25) is 0 Å². The second-order valence-electron chi connectivity index (χ2n) is 6.40. The van der Waals surface area contributed by atoms with Gasteiger partial charge in [0.1, 0.15) is 0 Å². The largest absolute Gasteiger partial charge is 0.339 e. The number of hydrogen-bond acceptors (Lipinski definition) is 3. The fourth-order valence-electron chi connectivity index (χ4n) is 3.34. The Morgan fingerprint density at radius 3 is 2.88 bits per heavy atom. The molecule has 5 heteroatoms. The fraction of sp³-hybridized carbons (Fsp3) is 0.474. The van der Waals surface area contributed by atoms with E-state index >= 15 is 0 Å². The van der Waals surface area contributed by atoms with Gasteiger partial charge in [0, 0.05) is 57.6 Å². The summed E-state index contributed by atoms with van der Waals surface area (Å²) in [5.41, 5.74) is 1.19. The second-order valence-corrected chi connectivity index (χ2v) is 6.40. The minimum Gasteiger partial charge on any atom is -0.339 e. The predicted octanol–water partition coefficient (Wildman–Crippen LogP) is 2.57. The number of benzene rings is 1. The molecule has 0 spiro atoms. The second kappa shape index (κ2) is 8.11. The Kier molecular flexibility index (Phi) is 5.64. The highest BCUT2D eigenvalue weighted by molar-refractivity contribution is 5.76. The smallest absolute Gasteiger partial charge is 0.224 e. The maximum absolute atomic E-state index is 12.5. The minimum absolute atomic E-state index is 0.243. The minimum atomic E-state index is 0.243. The first-order valence-electron chi connectivity index (χ1n) is 8.77. The first kappa shape index (κ1) is 16.7. The summed E-state index contributed by atoms with van der Waals surface area (Å²) in [4.78, 5) is 21.0. The van der Waals surface area contributed by atoms with Crippen molar-refractivity contribution in [2.24, 2.45) is 0 Å². The summed E-state index contributed by atoms with van der Waals surface area (Å²) in [5.74, 6) is 0.243. The van der Waals surface area contributed by atoms with Crippen LogP contribution < -0.4 is 0 Å². The van der Waals surface area contributed by atoms with Gasteiger partial charge in [0.2, 0.25) is 5.91 Å². The predicted molar refractivity (Wildman–Crippen MR) is 94.5 cm³/mol. The lowest BCUT2D eigenvalue weighted by atomic mass is 10.2. The van der Waals surface area contributed by atoms with Gasteiger partial charge in [-0.25, -0.2) is 4.98 Å². The van der Waals surface area contributed by atoms with Crippen LogP contribution in [0.25, 0.3) is 0 Å². The number of carbonyl (C=O) groups is 1. The van der Waals surface area contributed by atoms with Crippen LogP contribution in [-0.2, 0) is 11.3 Å². The Bertz CT molecular complexity index is 626. The van der Waals surface area contributed by atoms with Gasteiger partial charge in [-0.15, -0.1) is 0 Å². The van der Waals surface area contributed by atoms with Gasteiger partial charge in [-0.1, -0.05) is 30.3 Å². The third-order valence-corrected chi connectivity index (χ3v) is 4.79. The summed E-state index contributed by atoms with van der Waals surface area (Å²) >= 11 is 0. The lowest BCUT2D eigenvalue weighted by Crippen LogP contribution is -2.33. The summed E-state index contributed by atoms with van der Waals surface area (Å²) in [6, 6.07) is 10.7. The SMILES string of the molecule is CCN(Cc1ccccc1)C(=O)CCN1CCC(n2ccnc2)C1. The lowest BCUT2D eigenvalue weighted by Gasteiger charge is -2.23. The van der Waals surface area contributed by atoms with E-state index in [4.69, 9.17) is 0 Å². The summed E-state index contributed by atoms with van der Waals surface area (Å²) in [7, 11) is 0. The van der Waals surface area contributed by atoms with Crippen molar-refractivity contribution in [3.8, 4) is 0 Å². The Morgan fingerprint density at radius 2 is 2.17 bits per heavy atom. The molecule has 1 aromatic carbocycles. The highest BCUT2D eigenvalue weighted by Gasteiger charge is 2.24. The molecule has 1 saturated heterocycles. The molecule has 3 rings (SSSR count). The van der Waals surface area contributed by atoms with Crippen LogP contribution in [0.5, 0.6) is 0 Å². The van der Waals surface area contributed by atoms with E-state index < -0.39 is 0 Å². The van der Waals surface area contributed by atoms with Crippen molar-refractivity contribution >= 4 is 5.91 Å². The molecule has 1 fully saturated rings. The molecule has 0 radical (unpaired) electrons. The van der Waals surface area contributed by atoms with Crippen molar-refractivity contribution in [1.82, 2.24) is 19.4 Å². The summed E-state index contributed by atoms with van der Waals surface area (Å²) in [5, 5.41) is 0. The normalized spacial score (nSPS) is 18.0. The molecule has 128 valence electrons. The van der Waals surface area contributed by atoms with E-state index in [0.717, 1.165) is 32.6 Å². The van der Waals surface area contributed by atoms with E-state index in [1.54, 1.807) is 0 Å². The van der Waals surface area contributed by atoms with E-state index in [-0.39, 0.29) is 5.91 Å². The number of amides is 1. The third kappa shape index (κ3) is 4.23. The molecule has 1 amide bonds. The zero-order valence-corrected chi connectivity index (χ0v) is 14.3. The summed E-state index contributed by atoms with van der Waals surface area (Å²) in [6.45, 7) is 6.41. The van der Waals surface area contributed by atoms with E-state index in [2.05, 4.69) is 26.6 Å². The molecule has 1 aliphatic rings.